The molecular formula is C8H19OSi2. The highest BCUT2D eigenvalue weighted by atomic mass is 28.4. The minimum absolute atomic E-state index is 0.287. The van der Waals surface area contributed by atoms with Crippen molar-refractivity contribution in [2.45, 2.75) is 44.4 Å². The maximum atomic E-state index is 10.7. The molecule has 1 radical (unpaired) electrons. The van der Waals surface area contributed by atoms with Crippen molar-refractivity contribution in [2.75, 3.05) is 0 Å². The first-order chi connectivity index (χ1) is 4.69. The summed E-state index contributed by atoms with van der Waals surface area (Å²) < 4.78 is 0. The van der Waals surface area contributed by atoms with Crippen molar-refractivity contribution in [1.29, 1.82) is 0 Å². The molecule has 0 aliphatic heterocycles. The first-order valence-electron chi connectivity index (χ1n) is 4.07. The second kappa shape index (κ2) is 3.23. The Morgan fingerprint density at radius 3 is 1.18 bits per heavy atom. The summed E-state index contributed by atoms with van der Waals surface area (Å²) >= 11 is 0. The van der Waals surface area contributed by atoms with E-state index in [-0.39, 0.29) is 5.16 Å². The fraction of sp³-hybridized carbons (Fsp3) is 0.875. The third kappa shape index (κ3) is 3.34. The van der Waals surface area contributed by atoms with Crippen LogP contribution in [0.4, 0.5) is 0 Å². The summed E-state index contributed by atoms with van der Waals surface area (Å²) in [7, 11) is -2.57. The van der Waals surface area contributed by atoms with E-state index in [1.54, 1.807) is 0 Å². The molecule has 0 fully saturated rings. The monoisotopic (exact) mass is 187 g/mol. The molecule has 0 aliphatic carbocycles. The van der Waals surface area contributed by atoms with Crippen LogP contribution >= 0.6 is 0 Å². The third-order valence-corrected chi connectivity index (χ3v) is 10.7. The highest BCUT2D eigenvalue weighted by Crippen LogP contribution is 2.29. The molecule has 0 unspecified atom stereocenters. The number of hydrogen-bond acceptors (Lipinski definition) is 1. The summed E-state index contributed by atoms with van der Waals surface area (Å²) in [6.07, 6.45) is 2.26. The third-order valence-electron chi connectivity index (χ3n) is 1.85. The number of carbonyl (C=O) groups excluding carboxylic acids is 1. The Kier molecular flexibility index (Phi) is 3.26. The SMILES string of the molecule is C[Si](C)(C)C([C]=O)[Si](C)(C)C. The predicted molar refractivity (Wildman–Crippen MR) is 56.1 cm³/mol. The zero-order valence-corrected chi connectivity index (χ0v) is 10.5. The van der Waals surface area contributed by atoms with Gasteiger partial charge in [0.15, 0.2) is 6.29 Å². The minimum Gasteiger partial charge on any atom is -0.291 e. The fourth-order valence-electron chi connectivity index (χ4n) is 1.65. The standard InChI is InChI=1S/C8H19OSi2/c1-10(2,3)8(7-9)11(4,5)6/h8H,1-6H3. The summed E-state index contributed by atoms with van der Waals surface area (Å²) in [5, 5.41) is 0.287. The highest BCUT2D eigenvalue weighted by molar-refractivity contribution is 6.99. The van der Waals surface area contributed by atoms with Crippen molar-refractivity contribution < 1.29 is 4.79 Å². The van der Waals surface area contributed by atoms with Gasteiger partial charge >= 0.3 is 0 Å². The lowest BCUT2D eigenvalue weighted by atomic mass is 10.9. The maximum Gasteiger partial charge on any atom is 0.195 e. The van der Waals surface area contributed by atoms with Crippen LogP contribution in [0.2, 0.25) is 44.4 Å². The van der Waals surface area contributed by atoms with Crippen LogP contribution in [0.5, 0.6) is 0 Å². The van der Waals surface area contributed by atoms with E-state index in [0.29, 0.717) is 0 Å². The average Bonchev–Trinajstić information content (AvgIpc) is 1.56. The predicted octanol–water partition coefficient (Wildman–Crippen LogP) is 2.68. The van der Waals surface area contributed by atoms with Gasteiger partial charge in [0.1, 0.15) is 0 Å². The van der Waals surface area contributed by atoms with E-state index < -0.39 is 16.1 Å². The first kappa shape index (κ1) is 11.1. The minimum atomic E-state index is -1.28. The molecule has 0 rings (SSSR count). The van der Waals surface area contributed by atoms with Crippen LogP contribution in [0, 0.1) is 0 Å². The van der Waals surface area contributed by atoms with Gasteiger partial charge in [-0.3, -0.25) is 4.79 Å². The van der Waals surface area contributed by atoms with Crippen LogP contribution in [0.25, 0.3) is 0 Å². The lowest BCUT2D eigenvalue weighted by molar-refractivity contribution is 0.556. The Balaban J connectivity index is 4.56. The van der Waals surface area contributed by atoms with Crippen molar-refractivity contribution in [3.63, 3.8) is 0 Å². The Morgan fingerprint density at radius 2 is 1.18 bits per heavy atom. The molecule has 0 aromatic heterocycles. The van der Waals surface area contributed by atoms with E-state index >= 15 is 0 Å². The van der Waals surface area contributed by atoms with E-state index in [0.717, 1.165) is 0 Å². The molecule has 0 atom stereocenters. The molecule has 0 heterocycles. The number of hydrogen-bond donors (Lipinski definition) is 0. The van der Waals surface area contributed by atoms with Gasteiger partial charge in [0.2, 0.25) is 0 Å². The van der Waals surface area contributed by atoms with Crippen LogP contribution < -0.4 is 0 Å². The second-order valence-electron chi connectivity index (χ2n) is 5.28. The quantitative estimate of drug-likeness (QED) is 0.621. The number of rotatable bonds is 3. The van der Waals surface area contributed by atoms with Crippen molar-refractivity contribution in [2.24, 2.45) is 0 Å². The van der Waals surface area contributed by atoms with Crippen molar-refractivity contribution in [3.8, 4) is 0 Å². The van der Waals surface area contributed by atoms with Crippen LogP contribution in [0.1, 0.15) is 0 Å². The largest absolute Gasteiger partial charge is 0.291 e. The summed E-state index contributed by atoms with van der Waals surface area (Å²) in [4.78, 5) is 10.7. The van der Waals surface area contributed by atoms with Gasteiger partial charge in [-0.15, -0.1) is 0 Å². The molecule has 3 heteroatoms. The molecule has 0 N–H and O–H groups in total. The van der Waals surface area contributed by atoms with Gasteiger partial charge in [-0.1, -0.05) is 39.3 Å². The molecule has 1 nitrogen and oxygen atoms in total. The van der Waals surface area contributed by atoms with Gasteiger partial charge in [0.25, 0.3) is 0 Å². The lowest BCUT2D eigenvalue weighted by Crippen LogP contribution is -2.44. The van der Waals surface area contributed by atoms with Gasteiger partial charge in [0.05, 0.1) is 16.1 Å². The van der Waals surface area contributed by atoms with Gasteiger partial charge in [-0.2, -0.15) is 0 Å². The lowest BCUT2D eigenvalue weighted by Gasteiger charge is -2.32. The van der Waals surface area contributed by atoms with Gasteiger partial charge in [0, 0.05) is 5.16 Å². The molecule has 0 saturated carbocycles. The van der Waals surface area contributed by atoms with E-state index in [1.165, 1.54) is 0 Å². The summed E-state index contributed by atoms with van der Waals surface area (Å²) in [6, 6.07) is 0. The molecule has 11 heavy (non-hydrogen) atoms. The molecule has 0 aromatic carbocycles. The van der Waals surface area contributed by atoms with Crippen molar-refractivity contribution in [3.05, 3.63) is 0 Å². The Bertz CT molecular complexity index is 127. The zero-order chi connectivity index (χ0) is 9.28. The molecule has 0 aliphatic rings. The van der Waals surface area contributed by atoms with E-state index in [9.17, 15) is 4.79 Å². The van der Waals surface area contributed by atoms with Gasteiger partial charge in [-0.25, -0.2) is 0 Å². The highest BCUT2D eigenvalue weighted by Gasteiger charge is 2.37. The Labute approximate surface area is 72.2 Å². The molecular weight excluding hydrogens is 168 g/mol. The molecule has 0 aromatic rings. The smallest absolute Gasteiger partial charge is 0.195 e. The molecule has 65 valence electrons. The van der Waals surface area contributed by atoms with Crippen LogP contribution in [0.3, 0.4) is 0 Å². The normalized spacial score (nSPS) is 13.7. The molecule has 0 spiro atoms. The van der Waals surface area contributed by atoms with Gasteiger partial charge in [-0.05, 0) is 0 Å². The first-order valence-corrected chi connectivity index (χ1v) is 11.2. The summed E-state index contributed by atoms with van der Waals surface area (Å²) in [6.45, 7) is 13.5. The van der Waals surface area contributed by atoms with Crippen LogP contribution in [0.15, 0.2) is 0 Å². The Morgan fingerprint density at radius 1 is 0.909 bits per heavy atom. The topological polar surface area (TPSA) is 17.1 Å². The van der Waals surface area contributed by atoms with Crippen LogP contribution in [-0.2, 0) is 4.79 Å². The molecule has 0 amide bonds. The van der Waals surface area contributed by atoms with E-state index in [2.05, 4.69) is 45.6 Å². The summed E-state index contributed by atoms with van der Waals surface area (Å²) in [5.41, 5.74) is 0. The second-order valence-corrected chi connectivity index (χ2v) is 16.5. The van der Waals surface area contributed by atoms with E-state index in [4.69, 9.17) is 0 Å². The fourth-order valence-corrected chi connectivity index (χ4v) is 12.8. The zero-order valence-electron chi connectivity index (χ0n) is 8.49. The Hall–Kier alpha value is 0.104. The van der Waals surface area contributed by atoms with Crippen LogP contribution in [-0.4, -0.2) is 22.4 Å². The molecule has 0 saturated heterocycles. The average molecular weight is 187 g/mol. The van der Waals surface area contributed by atoms with E-state index in [1.807, 2.05) is 0 Å². The van der Waals surface area contributed by atoms with Crippen molar-refractivity contribution in [1.82, 2.24) is 0 Å². The van der Waals surface area contributed by atoms with Gasteiger partial charge < -0.3 is 0 Å². The molecule has 0 bridgehead atoms. The van der Waals surface area contributed by atoms with Crippen molar-refractivity contribution >= 4 is 22.4 Å². The maximum absolute atomic E-state index is 10.7. The summed E-state index contributed by atoms with van der Waals surface area (Å²) in [5.74, 6) is 0.